The Balaban J connectivity index is 2.27. The summed E-state index contributed by atoms with van der Waals surface area (Å²) in [5.41, 5.74) is 6.16. The molecule has 0 spiro atoms. The predicted octanol–water partition coefficient (Wildman–Crippen LogP) is 3.33. The zero-order chi connectivity index (χ0) is 16.1. The van der Waals surface area contributed by atoms with Crippen molar-refractivity contribution in [1.82, 2.24) is 0 Å². The van der Waals surface area contributed by atoms with Crippen LogP contribution in [0.5, 0.6) is 5.75 Å². The summed E-state index contributed by atoms with van der Waals surface area (Å²) in [6, 6.07) is 8.78. The molecule has 0 aromatic heterocycles. The average Bonchev–Trinajstić information content (AvgIpc) is 2.49. The quantitative estimate of drug-likeness (QED) is 0.671. The molecular formula is C16H12ClFN2O2. The maximum Gasteiger partial charge on any atom is 0.257 e. The lowest BCUT2D eigenvalue weighted by Gasteiger charge is -2.11. The van der Waals surface area contributed by atoms with Crippen LogP contribution in [-0.4, -0.2) is 12.5 Å². The minimum absolute atomic E-state index is 0.0234. The Labute approximate surface area is 132 Å². The molecule has 0 aliphatic carbocycles. The molecule has 6 heteroatoms. The van der Waals surface area contributed by atoms with Crippen LogP contribution >= 0.6 is 11.6 Å². The molecule has 0 aliphatic rings. The number of ether oxygens (including phenoxy) is 1. The molecule has 0 saturated heterocycles. The number of carbonyl (C=O) groups is 1. The van der Waals surface area contributed by atoms with Gasteiger partial charge in [0.05, 0.1) is 16.3 Å². The van der Waals surface area contributed by atoms with Gasteiger partial charge in [-0.05, 0) is 18.2 Å². The van der Waals surface area contributed by atoms with E-state index in [-0.39, 0.29) is 34.3 Å². The molecule has 0 bridgehead atoms. The van der Waals surface area contributed by atoms with Crippen LogP contribution in [0.3, 0.4) is 0 Å². The Morgan fingerprint density at radius 2 is 2.14 bits per heavy atom. The lowest BCUT2D eigenvalue weighted by atomic mass is 10.1. The molecule has 0 atom stereocenters. The molecule has 22 heavy (non-hydrogen) atoms. The number of para-hydroxylation sites is 1. The zero-order valence-electron chi connectivity index (χ0n) is 11.4. The summed E-state index contributed by atoms with van der Waals surface area (Å²) in [5.74, 6) is 1.22. The Morgan fingerprint density at radius 1 is 1.41 bits per heavy atom. The summed E-state index contributed by atoms with van der Waals surface area (Å²) in [6.45, 7) is -0.0234. The highest BCUT2D eigenvalue weighted by Crippen LogP contribution is 2.31. The lowest BCUT2D eigenvalue weighted by Crippen LogP contribution is -2.15. The van der Waals surface area contributed by atoms with Crippen LogP contribution in [0.1, 0.15) is 10.4 Å². The summed E-state index contributed by atoms with van der Waals surface area (Å²) in [4.78, 5) is 12.1. The van der Waals surface area contributed by atoms with Crippen LogP contribution in [0.15, 0.2) is 36.4 Å². The first-order valence-electron chi connectivity index (χ1n) is 6.24. The van der Waals surface area contributed by atoms with Crippen molar-refractivity contribution in [3.8, 4) is 18.1 Å². The molecule has 2 aromatic rings. The van der Waals surface area contributed by atoms with Crippen molar-refractivity contribution in [2.75, 3.05) is 17.7 Å². The van der Waals surface area contributed by atoms with Crippen molar-refractivity contribution < 1.29 is 13.9 Å². The minimum atomic E-state index is -0.694. The predicted molar refractivity (Wildman–Crippen MR) is 84.5 cm³/mol. The topological polar surface area (TPSA) is 64.3 Å². The highest BCUT2D eigenvalue weighted by molar-refractivity contribution is 6.32. The largest absolute Gasteiger partial charge is 0.479 e. The fourth-order valence-corrected chi connectivity index (χ4v) is 1.95. The number of benzene rings is 2. The molecule has 0 heterocycles. The number of nitrogen functional groups attached to an aromatic ring is 1. The first kappa shape index (κ1) is 15.7. The summed E-state index contributed by atoms with van der Waals surface area (Å²) in [7, 11) is 0. The van der Waals surface area contributed by atoms with Crippen LogP contribution in [0.25, 0.3) is 0 Å². The van der Waals surface area contributed by atoms with Crippen LogP contribution in [0.2, 0.25) is 5.02 Å². The lowest BCUT2D eigenvalue weighted by molar-refractivity contribution is 0.102. The van der Waals surface area contributed by atoms with E-state index >= 15 is 0 Å². The summed E-state index contributed by atoms with van der Waals surface area (Å²) < 4.78 is 19.1. The monoisotopic (exact) mass is 318 g/mol. The van der Waals surface area contributed by atoms with Crippen molar-refractivity contribution in [2.24, 2.45) is 0 Å². The van der Waals surface area contributed by atoms with Gasteiger partial charge in [-0.3, -0.25) is 4.79 Å². The smallest absolute Gasteiger partial charge is 0.257 e. The molecular weight excluding hydrogens is 307 g/mol. The van der Waals surface area contributed by atoms with Gasteiger partial charge in [0.1, 0.15) is 18.2 Å². The molecule has 3 N–H and O–H groups in total. The number of rotatable bonds is 4. The Morgan fingerprint density at radius 3 is 2.82 bits per heavy atom. The number of hydrogen-bond donors (Lipinski definition) is 2. The third-order valence-corrected chi connectivity index (χ3v) is 3.08. The fourth-order valence-electron chi connectivity index (χ4n) is 1.75. The van der Waals surface area contributed by atoms with Crippen LogP contribution in [0, 0.1) is 18.2 Å². The van der Waals surface area contributed by atoms with E-state index in [0.29, 0.717) is 0 Å². The SMILES string of the molecule is C#CCOc1cc(NC(=O)c2ccccc2N)c(F)cc1Cl. The number of anilines is 2. The van der Waals surface area contributed by atoms with E-state index in [9.17, 15) is 9.18 Å². The van der Waals surface area contributed by atoms with Crippen molar-refractivity contribution >= 4 is 28.9 Å². The van der Waals surface area contributed by atoms with E-state index in [1.165, 1.54) is 12.1 Å². The standard InChI is InChI=1S/C16H12ClFN2O2/c1-2-7-22-15-9-14(12(18)8-11(15)17)20-16(21)10-5-3-4-6-13(10)19/h1,3-6,8-9H,7,19H2,(H,20,21). The first-order valence-corrected chi connectivity index (χ1v) is 6.62. The molecule has 2 rings (SSSR count). The highest BCUT2D eigenvalue weighted by Gasteiger charge is 2.14. The van der Waals surface area contributed by atoms with Gasteiger partial charge in [0.2, 0.25) is 0 Å². The van der Waals surface area contributed by atoms with Crippen molar-refractivity contribution in [3.63, 3.8) is 0 Å². The van der Waals surface area contributed by atoms with Crippen molar-refractivity contribution in [3.05, 3.63) is 52.8 Å². The van der Waals surface area contributed by atoms with Crippen molar-refractivity contribution in [1.29, 1.82) is 0 Å². The maximum absolute atomic E-state index is 13.9. The van der Waals surface area contributed by atoms with E-state index in [4.69, 9.17) is 28.5 Å². The number of nitrogens with two attached hydrogens (primary N) is 1. The zero-order valence-corrected chi connectivity index (χ0v) is 12.2. The summed E-state index contributed by atoms with van der Waals surface area (Å²) >= 11 is 5.85. The molecule has 0 saturated carbocycles. The van der Waals surface area contributed by atoms with Gasteiger partial charge in [0, 0.05) is 11.8 Å². The van der Waals surface area contributed by atoms with Crippen LogP contribution in [0.4, 0.5) is 15.8 Å². The maximum atomic E-state index is 13.9. The van der Waals surface area contributed by atoms with Gasteiger partial charge in [-0.25, -0.2) is 4.39 Å². The minimum Gasteiger partial charge on any atom is -0.479 e. The van der Waals surface area contributed by atoms with Crippen LogP contribution < -0.4 is 15.8 Å². The molecule has 0 radical (unpaired) electrons. The number of carbonyl (C=O) groups excluding carboxylic acids is 1. The molecule has 0 unspecified atom stereocenters. The normalized spacial score (nSPS) is 9.86. The van der Waals surface area contributed by atoms with E-state index in [1.807, 2.05) is 0 Å². The van der Waals surface area contributed by atoms with Gasteiger partial charge in [-0.1, -0.05) is 29.7 Å². The Hall–Kier alpha value is -2.71. The van der Waals surface area contributed by atoms with Gasteiger partial charge in [-0.2, -0.15) is 0 Å². The number of amides is 1. The number of hydrogen-bond acceptors (Lipinski definition) is 3. The van der Waals surface area contributed by atoms with Crippen molar-refractivity contribution in [2.45, 2.75) is 0 Å². The molecule has 2 aromatic carbocycles. The van der Waals surface area contributed by atoms with E-state index < -0.39 is 11.7 Å². The molecule has 1 amide bonds. The van der Waals surface area contributed by atoms with E-state index in [2.05, 4.69) is 11.2 Å². The second-order valence-electron chi connectivity index (χ2n) is 4.30. The van der Waals surface area contributed by atoms with Gasteiger partial charge in [-0.15, -0.1) is 6.42 Å². The number of terminal acetylenes is 1. The summed E-state index contributed by atoms with van der Waals surface area (Å²) in [5, 5.41) is 2.49. The van der Waals surface area contributed by atoms with E-state index in [0.717, 1.165) is 6.07 Å². The average molecular weight is 319 g/mol. The second kappa shape index (κ2) is 6.83. The molecule has 112 valence electrons. The van der Waals surface area contributed by atoms with Gasteiger partial charge in [0.15, 0.2) is 0 Å². The van der Waals surface area contributed by atoms with E-state index in [1.54, 1.807) is 18.2 Å². The van der Waals surface area contributed by atoms with Gasteiger partial charge < -0.3 is 15.8 Å². The summed E-state index contributed by atoms with van der Waals surface area (Å²) in [6.07, 6.45) is 5.09. The number of halogens is 2. The van der Waals surface area contributed by atoms with Gasteiger partial charge in [0.25, 0.3) is 5.91 Å². The first-order chi connectivity index (χ1) is 10.5. The number of nitrogens with one attached hydrogen (secondary N) is 1. The Bertz CT molecular complexity index is 756. The van der Waals surface area contributed by atoms with Gasteiger partial charge >= 0.3 is 0 Å². The second-order valence-corrected chi connectivity index (χ2v) is 4.70. The Kier molecular flexibility index (Phi) is 4.87. The highest BCUT2D eigenvalue weighted by atomic mass is 35.5. The third-order valence-electron chi connectivity index (χ3n) is 2.79. The van der Waals surface area contributed by atoms with Crippen LogP contribution in [-0.2, 0) is 0 Å². The molecule has 0 fully saturated rings. The molecule has 0 aliphatic heterocycles. The third kappa shape index (κ3) is 3.48. The fraction of sp³-hybridized carbons (Fsp3) is 0.0625. The molecule has 4 nitrogen and oxygen atoms in total.